The van der Waals surface area contributed by atoms with E-state index in [2.05, 4.69) is 10.6 Å². The van der Waals surface area contributed by atoms with Crippen LogP contribution in [0.25, 0.3) is 0 Å². The molecule has 1 saturated carbocycles. The van der Waals surface area contributed by atoms with Crippen LogP contribution in [0.5, 0.6) is 0 Å². The highest BCUT2D eigenvalue weighted by atomic mass is 35.5. The molecule has 7 heteroatoms. The van der Waals surface area contributed by atoms with Crippen molar-refractivity contribution in [1.29, 1.82) is 0 Å². The topological polar surface area (TPSA) is 84.2 Å². The Labute approximate surface area is 135 Å². The fraction of sp³-hybridized carbons (Fsp3) is 0.571. The number of halogens is 1. The van der Waals surface area contributed by atoms with Crippen LogP contribution in [0.1, 0.15) is 42.5 Å². The lowest BCUT2D eigenvalue weighted by Gasteiger charge is -2.26. The minimum Gasteiger partial charge on any atom is -0.353 e. The van der Waals surface area contributed by atoms with Crippen LogP contribution in [-0.4, -0.2) is 30.4 Å². The molecule has 0 atom stereocenters. The molecule has 0 aliphatic heterocycles. The van der Waals surface area contributed by atoms with Crippen LogP contribution in [0.4, 0.5) is 0 Å². The SMILES string of the molecule is Cl.NC1CCC(NC(=O)CCNC(=O)c2ccsc2)CC1. The molecule has 2 amide bonds. The number of rotatable bonds is 5. The maximum atomic E-state index is 11.8. The van der Waals surface area contributed by atoms with Crippen molar-refractivity contribution in [2.24, 2.45) is 5.73 Å². The summed E-state index contributed by atoms with van der Waals surface area (Å²) in [6, 6.07) is 2.30. The first-order chi connectivity index (χ1) is 9.65. The molecule has 0 saturated heterocycles. The third-order valence-electron chi connectivity index (χ3n) is 3.56. The molecule has 1 aliphatic carbocycles. The van der Waals surface area contributed by atoms with E-state index in [1.807, 2.05) is 5.38 Å². The zero-order chi connectivity index (χ0) is 14.4. The predicted molar refractivity (Wildman–Crippen MR) is 86.9 cm³/mol. The second-order valence-electron chi connectivity index (χ2n) is 5.20. The van der Waals surface area contributed by atoms with Crippen LogP contribution in [0.2, 0.25) is 0 Å². The Hall–Kier alpha value is -1.11. The van der Waals surface area contributed by atoms with Gasteiger partial charge in [0, 0.05) is 36.0 Å². The Morgan fingerprint density at radius 2 is 2.00 bits per heavy atom. The number of amides is 2. The molecule has 5 nitrogen and oxygen atoms in total. The lowest BCUT2D eigenvalue weighted by molar-refractivity contribution is -0.121. The van der Waals surface area contributed by atoms with E-state index >= 15 is 0 Å². The highest BCUT2D eigenvalue weighted by Gasteiger charge is 2.19. The van der Waals surface area contributed by atoms with Crippen LogP contribution in [0.15, 0.2) is 16.8 Å². The molecule has 1 fully saturated rings. The maximum absolute atomic E-state index is 11.8. The number of thiophene rings is 1. The smallest absolute Gasteiger partial charge is 0.252 e. The molecule has 0 bridgehead atoms. The molecule has 1 aliphatic rings. The summed E-state index contributed by atoms with van der Waals surface area (Å²) >= 11 is 1.48. The summed E-state index contributed by atoms with van der Waals surface area (Å²) in [6.07, 6.45) is 4.17. The molecule has 2 rings (SSSR count). The van der Waals surface area contributed by atoms with Crippen molar-refractivity contribution in [2.45, 2.75) is 44.2 Å². The third kappa shape index (κ3) is 6.03. The predicted octanol–water partition coefficient (Wildman–Crippen LogP) is 1.68. The molecule has 118 valence electrons. The third-order valence-corrected chi connectivity index (χ3v) is 4.24. The highest BCUT2D eigenvalue weighted by Crippen LogP contribution is 2.16. The summed E-state index contributed by atoms with van der Waals surface area (Å²) in [7, 11) is 0. The van der Waals surface area contributed by atoms with Gasteiger partial charge in [0.05, 0.1) is 0 Å². The van der Waals surface area contributed by atoms with Gasteiger partial charge >= 0.3 is 0 Å². The molecule has 0 aromatic carbocycles. The first kappa shape index (κ1) is 17.9. The van der Waals surface area contributed by atoms with Crippen molar-refractivity contribution in [3.8, 4) is 0 Å². The van der Waals surface area contributed by atoms with Crippen molar-refractivity contribution in [1.82, 2.24) is 10.6 Å². The van der Waals surface area contributed by atoms with Gasteiger partial charge in [-0.05, 0) is 37.1 Å². The summed E-state index contributed by atoms with van der Waals surface area (Å²) in [6.45, 7) is 0.368. The Kier molecular flexibility index (Phi) is 7.71. The van der Waals surface area contributed by atoms with Gasteiger partial charge < -0.3 is 16.4 Å². The number of nitrogens with two attached hydrogens (primary N) is 1. The molecule has 1 aromatic rings. The van der Waals surface area contributed by atoms with Crippen LogP contribution in [0, 0.1) is 0 Å². The van der Waals surface area contributed by atoms with Gasteiger partial charge in [0.25, 0.3) is 5.91 Å². The van der Waals surface area contributed by atoms with Gasteiger partial charge in [0.2, 0.25) is 5.91 Å². The van der Waals surface area contributed by atoms with Crippen LogP contribution in [0.3, 0.4) is 0 Å². The molecule has 4 N–H and O–H groups in total. The number of hydrogen-bond donors (Lipinski definition) is 3. The summed E-state index contributed by atoms with van der Waals surface area (Å²) < 4.78 is 0. The fourth-order valence-electron chi connectivity index (χ4n) is 2.35. The summed E-state index contributed by atoms with van der Waals surface area (Å²) in [5.41, 5.74) is 6.48. The van der Waals surface area contributed by atoms with Crippen molar-refractivity contribution in [3.05, 3.63) is 22.4 Å². The number of carbonyl (C=O) groups excluding carboxylic acids is 2. The van der Waals surface area contributed by atoms with Gasteiger partial charge in [0.1, 0.15) is 0 Å². The van der Waals surface area contributed by atoms with Gasteiger partial charge in [-0.1, -0.05) is 0 Å². The van der Waals surface area contributed by atoms with E-state index in [1.165, 1.54) is 11.3 Å². The monoisotopic (exact) mass is 331 g/mol. The molecule has 21 heavy (non-hydrogen) atoms. The Morgan fingerprint density at radius 3 is 2.62 bits per heavy atom. The lowest BCUT2D eigenvalue weighted by Crippen LogP contribution is -2.41. The quantitative estimate of drug-likeness (QED) is 0.767. The molecule has 1 aromatic heterocycles. The van der Waals surface area contributed by atoms with Crippen molar-refractivity contribution < 1.29 is 9.59 Å². The minimum atomic E-state index is -0.123. The average Bonchev–Trinajstić information content (AvgIpc) is 2.95. The second kappa shape index (κ2) is 9.02. The Bertz CT molecular complexity index is 445. The molecule has 0 spiro atoms. The maximum Gasteiger partial charge on any atom is 0.252 e. The normalized spacial score (nSPS) is 21.2. The van der Waals surface area contributed by atoms with E-state index in [0.29, 0.717) is 18.5 Å². The second-order valence-corrected chi connectivity index (χ2v) is 5.98. The standard InChI is InChI=1S/C14H21N3O2S.ClH/c15-11-1-3-12(4-2-11)17-13(18)5-7-16-14(19)10-6-8-20-9-10;/h6,8-9,11-12H,1-5,7,15H2,(H,16,19)(H,17,18);1H. The van der Waals surface area contributed by atoms with E-state index in [1.54, 1.807) is 11.4 Å². The van der Waals surface area contributed by atoms with Crippen molar-refractivity contribution in [3.63, 3.8) is 0 Å². The molecular formula is C14H22ClN3O2S. The van der Waals surface area contributed by atoms with E-state index in [4.69, 9.17) is 5.73 Å². The number of nitrogens with one attached hydrogen (secondary N) is 2. The van der Waals surface area contributed by atoms with Crippen LogP contribution < -0.4 is 16.4 Å². The van der Waals surface area contributed by atoms with E-state index in [-0.39, 0.29) is 36.3 Å². The summed E-state index contributed by atoms with van der Waals surface area (Å²) in [5.74, 6) is -0.126. The van der Waals surface area contributed by atoms with Gasteiger partial charge in [-0.3, -0.25) is 9.59 Å². The van der Waals surface area contributed by atoms with Crippen LogP contribution >= 0.6 is 23.7 Å². The summed E-state index contributed by atoms with van der Waals surface area (Å²) in [5, 5.41) is 9.40. The van der Waals surface area contributed by atoms with Crippen molar-refractivity contribution in [2.75, 3.05) is 6.54 Å². The number of carbonyl (C=O) groups is 2. The van der Waals surface area contributed by atoms with E-state index in [0.717, 1.165) is 25.7 Å². The molecule has 0 unspecified atom stereocenters. The van der Waals surface area contributed by atoms with E-state index in [9.17, 15) is 9.59 Å². The minimum absolute atomic E-state index is 0. The Balaban J connectivity index is 0.00000220. The van der Waals surface area contributed by atoms with Gasteiger partial charge in [-0.2, -0.15) is 11.3 Å². The molecule has 1 heterocycles. The van der Waals surface area contributed by atoms with Crippen molar-refractivity contribution >= 4 is 35.6 Å². The van der Waals surface area contributed by atoms with E-state index < -0.39 is 0 Å². The number of hydrogen-bond acceptors (Lipinski definition) is 4. The Morgan fingerprint density at radius 1 is 1.29 bits per heavy atom. The zero-order valence-corrected chi connectivity index (χ0v) is 13.5. The lowest BCUT2D eigenvalue weighted by atomic mass is 9.92. The molecular weight excluding hydrogens is 310 g/mol. The van der Waals surface area contributed by atoms with Gasteiger partial charge in [-0.25, -0.2) is 0 Å². The largest absolute Gasteiger partial charge is 0.353 e. The molecule has 0 radical (unpaired) electrons. The summed E-state index contributed by atoms with van der Waals surface area (Å²) in [4.78, 5) is 23.4. The highest BCUT2D eigenvalue weighted by molar-refractivity contribution is 7.08. The fourth-order valence-corrected chi connectivity index (χ4v) is 2.98. The zero-order valence-electron chi connectivity index (χ0n) is 11.8. The first-order valence-corrected chi connectivity index (χ1v) is 7.95. The average molecular weight is 332 g/mol. The van der Waals surface area contributed by atoms with Gasteiger partial charge in [0.15, 0.2) is 0 Å². The first-order valence-electron chi connectivity index (χ1n) is 7.00. The van der Waals surface area contributed by atoms with Gasteiger partial charge in [-0.15, -0.1) is 12.4 Å². The van der Waals surface area contributed by atoms with Crippen LogP contribution in [-0.2, 0) is 4.79 Å².